The number of rotatable bonds is 46. The molecule has 9 nitrogen and oxygen atoms in total. The van der Waals surface area contributed by atoms with Crippen LogP contribution in [0.4, 0.5) is 11.4 Å². The number of nitrogens with zero attached hydrogens (tertiary/aromatic N) is 2. The van der Waals surface area contributed by atoms with Crippen molar-refractivity contribution in [1.29, 1.82) is 0 Å². The Morgan fingerprint density at radius 1 is 0.452 bits per heavy atom. The summed E-state index contributed by atoms with van der Waals surface area (Å²) in [7, 11) is 3.99. The number of anilines is 2. The largest absolute Gasteiger partial charge is 0.462 e. The molecule has 0 fully saturated rings. The van der Waals surface area contributed by atoms with E-state index in [0.717, 1.165) is 135 Å². The van der Waals surface area contributed by atoms with Gasteiger partial charge in [0, 0.05) is 39.0 Å². The van der Waals surface area contributed by atoms with Gasteiger partial charge in [0.25, 0.3) is 10.9 Å². The maximum atomic E-state index is 12.9. The van der Waals surface area contributed by atoms with Crippen LogP contribution in [0, 0.1) is 0 Å². The molecule has 1 atom stereocenters. The van der Waals surface area contributed by atoms with Crippen molar-refractivity contribution in [2.45, 2.75) is 265 Å². The van der Waals surface area contributed by atoms with Crippen molar-refractivity contribution in [1.82, 2.24) is 4.90 Å². The van der Waals surface area contributed by atoms with Gasteiger partial charge in [-0.05, 0) is 84.7 Å². The maximum Gasteiger partial charge on any atom is 0.306 e. The average Bonchev–Trinajstić information content (AvgIpc) is 3.25. The molecule has 1 N–H and O–H groups in total. The van der Waals surface area contributed by atoms with Crippen molar-refractivity contribution in [2.75, 3.05) is 50.5 Å². The fraction of sp³-hybridized carbons (Fsp3) is 0.887. The summed E-state index contributed by atoms with van der Waals surface area (Å²) in [6, 6.07) is 0. The molecule has 0 aliphatic heterocycles. The zero-order valence-electron chi connectivity index (χ0n) is 41.6. The molecule has 0 aliphatic rings. The van der Waals surface area contributed by atoms with E-state index < -0.39 is 5.43 Å². The minimum Gasteiger partial charge on any atom is -0.462 e. The first kappa shape index (κ1) is 57.6. The van der Waals surface area contributed by atoms with Crippen molar-refractivity contribution in [3.63, 3.8) is 0 Å². The SMILES string of the molecule is CCCCCCCCC(CCC)OC(=O)CCCCCCCN(CCCCCCCC(=O)OC(CCCCCCCC)CCCCCCCC)c1c(NCCN(C)C)c(=O)c1=O. The van der Waals surface area contributed by atoms with Gasteiger partial charge in [0.2, 0.25) is 0 Å². The first-order valence-electron chi connectivity index (χ1n) is 26.5. The van der Waals surface area contributed by atoms with Crippen molar-refractivity contribution in [3.8, 4) is 0 Å². The molecular weight excluding hydrogens is 775 g/mol. The summed E-state index contributed by atoms with van der Waals surface area (Å²) in [6.07, 6.45) is 38.2. The summed E-state index contributed by atoms with van der Waals surface area (Å²) in [5.74, 6) is -0.0898. The highest BCUT2D eigenvalue weighted by Crippen LogP contribution is 2.23. The Balaban J connectivity index is 2.54. The van der Waals surface area contributed by atoms with Crippen LogP contribution in [0.2, 0.25) is 0 Å². The molecule has 0 aromatic heterocycles. The molecular formula is C53H99N3O6. The summed E-state index contributed by atoms with van der Waals surface area (Å²) in [4.78, 5) is 55.3. The van der Waals surface area contributed by atoms with Crippen LogP contribution in [0.25, 0.3) is 0 Å². The predicted octanol–water partition coefficient (Wildman–Crippen LogP) is 13.6. The molecule has 0 spiro atoms. The summed E-state index contributed by atoms with van der Waals surface area (Å²) < 4.78 is 12.0. The second kappa shape index (κ2) is 40.1. The highest BCUT2D eigenvalue weighted by Gasteiger charge is 2.25. The second-order valence-corrected chi connectivity index (χ2v) is 18.8. The Morgan fingerprint density at radius 2 is 0.823 bits per heavy atom. The van der Waals surface area contributed by atoms with Crippen molar-refractivity contribution >= 4 is 23.3 Å². The summed E-state index contributed by atoms with van der Waals surface area (Å²) in [5, 5.41) is 3.26. The van der Waals surface area contributed by atoms with Crippen LogP contribution in [-0.4, -0.2) is 69.3 Å². The number of esters is 2. The molecule has 62 heavy (non-hydrogen) atoms. The summed E-state index contributed by atoms with van der Waals surface area (Å²) in [5.41, 5.74) is 0.242. The first-order valence-corrected chi connectivity index (χ1v) is 26.5. The van der Waals surface area contributed by atoms with Crippen LogP contribution in [0.5, 0.6) is 0 Å². The van der Waals surface area contributed by atoms with E-state index in [1.807, 2.05) is 14.1 Å². The number of ether oxygens (including phenoxy) is 2. The van der Waals surface area contributed by atoms with E-state index in [0.29, 0.717) is 30.8 Å². The van der Waals surface area contributed by atoms with Gasteiger partial charge >= 0.3 is 11.9 Å². The highest BCUT2D eigenvalue weighted by molar-refractivity contribution is 5.75. The number of carbonyl (C=O) groups is 2. The molecule has 1 aromatic rings. The van der Waals surface area contributed by atoms with E-state index in [-0.39, 0.29) is 29.6 Å². The molecule has 0 radical (unpaired) electrons. The quantitative estimate of drug-likeness (QED) is 0.0389. The number of likely N-dealkylation sites (N-methyl/N-ethyl adjacent to an activating group) is 1. The fourth-order valence-electron chi connectivity index (χ4n) is 8.58. The zero-order valence-corrected chi connectivity index (χ0v) is 41.6. The van der Waals surface area contributed by atoms with Gasteiger partial charge in [-0.15, -0.1) is 0 Å². The first-order chi connectivity index (χ1) is 30.2. The van der Waals surface area contributed by atoms with E-state index >= 15 is 0 Å². The van der Waals surface area contributed by atoms with Crippen LogP contribution in [0.1, 0.15) is 252 Å². The molecule has 362 valence electrons. The lowest BCUT2D eigenvalue weighted by molar-refractivity contribution is -0.151. The van der Waals surface area contributed by atoms with Gasteiger partial charge in [-0.3, -0.25) is 19.2 Å². The Bertz CT molecular complexity index is 1260. The van der Waals surface area contributed by atoms with E-state index in [1.54, 1.807) is 0 Å². The van der Waals surface area contributed by atoms with E-state index in [1.165, 1.54) is 96.3 Å². The van der Waals surface area contributed by atoms with Crippen molar-refractivity contribution in [3.05, 3.63) is 20.4 Å². The zero-order chi connectivity index (χ0) is 45.5. The smallest absolute Gasteiger partial charge is 0.306 e. The molecule has 1 unspecified atom stereocenters. The lowest BCUT2D eigenvalue weighted by Crippen LogP contribution is -2.44. The van der Waals surface area contributed by atoms with Crippen LogP contribution >= 0.6 is 0 Å². The van der Waals surface area contributed by atoms with E-state index in [4.69, 9.17) is 9.47 Å². The third-order valence-corrected chi connectivity index (χ3v) is 12.5. The number of nitrogens with one attached hydrogen (secondary N) is 1. The molecule has 1 aromatic carbocycles. The Hall–Kier alpha value is -2.42. The predicted molar refractivity (Wildman–Crippen MR) is 265 cm³/mol. The number of hydrogen-bond acceptors (Lipinski definition) is 9. The maximum absolute atomic E-state index is 12.9. The van der Waals surface area contributed by atoms with Gasteiger partial charge in [0.1, 0.15) is 23.6 Å². The molecule has 0 aliphatic carbocycles. The topological polar surface area (TPSA) is 105 Å². The van der Waals surface area contributed by atoms with E-state index in [9.17, 15) is 19.2 Å². The third kappa shape index (κ3) is 29.9. The number of hydrogen-bond donors (Lipinski definition) is 1. The number of unbranched alkanes of at least 4 members (excludes halogenated alkanes) is 23. The standard InChI is InChI=1S/C53H99N3O6/c1-7-11-14-17-22-29-37-46(36-10-4)61-48(57)40-32-25-20-27-34-43-56(51-50(52(59)53(51)60)54-42-45-55(5)6)44-35-28-21-26-33-41-49(58)62-47(38-30-23-18-15-12-8-2)39-31-24-19-16-13-9-3/h46-47,54H,7-45H2,1-6H3. The normalized spacial score (nSPS) is 12.1. The van der Waals surface area contributed by atoms with Gasteiger partial charge in [-0.2, -0.15) is 0 Å². The Labute approximate surface area is 381 Å². The van der Waals surface area contributed by atoms with Crippen LogP contribution in [-0.2, 0) is 19.1 Å². The second-order valence-electron chi connectivity index (χ2n) is 18.8. The molecule has 9 heteroatoms. The molecule has 0 bridgehead atoms. The van der Waals surface area contributed by atoms with Crippen molar-refractivity contribution in [2.24, 2.45) is 0 Å². The van der Waals surface area contributed by atoms with Crippen LogP contribution in [0.3, 0.4) is 0 Å². The Morgan fingerprint density at radius 3 is 1.23 bits per heavy atom. The summed E-state index contributed by atoms with van der Waals surface area (Å²) >= 11 is 0. The molecule has 0 heterocycles. The minimum atomic E-state index is -0.406. The Kier molecular flexibility index (Phi) is 37.3. The molecule has 0 amide bonds. The van der Waals surface area contributed by atoms with Gasteiger partial charge < -0.3 is 24.6 Å². The van der Waals surface area contributed by atoms with Gasteiger partial charge in [-0.25, -0.2) is 0 Å². The molecule has 1 rings (SSSR count). The third-order valence-electron chi connectivity index (χ3n) is 12.5. The van der Waals surface area contributed by atoms with Crippen LogP contribution in [0.15, 0.2) is 9.59 Å². The number of carbonyl (C=O) groups excluding carboxylic acids is 2. The van der Waals surface area contributed by atoms with E-state index in [2.05, 4.69) is 42.8 Å². The van der Waals surface area contributed by atoms with Gasteiger partial charge in [0.05, 0.1) is 0 Å². The minimum absolute atomic E-state index is 0.0353. The fourth-order valence-corrected chi connectivity index (χ4v) is 8.58. The average molecular weight is 874 g/mol. The molecule has 0 saturated carbocycles. The van der Waals surface area contributed by atoms with Gasteiger partial charge in [0.15, 0.2) is 0 Å². The van der Waals surface area contributed by atoms with Gasteiger partial charge in [-0.1, -0.05) is 169 Å². The van der Waals surface area contributed by atoms with Crippen molar-refractivity contribution < 1.29 is 19.1 Å². The highest BCUT2D eigenvalue weighted by atomic mass is 16.5. The van der Waals surface area contributed by atoms with Crippen LogP contribution < -0.4 is 21.1 Å². The lowest BCUT2D eigenvalue weighted by atomic mass is 10.0. The molecule has 0 saturated heterocycles. The lowest BCUT2D eigenvalue weighted by Gasteiger charge is -2.28. The summed E-state index contributed by atoms with van der Waals surface area (Å²) in [6.45, 7) is 11.8. The monoisotopic (exact) mass is 874 g/mol.